The SMILES string of the molecule is Cc1ccc(NC(=O)NC(=O)COC(=O)c2ccc(-c3ccc([N+](=O)[O-])cc3)o2)c(C)c1. The molecule has 0 bridgehead atoms. The molecule has 0 radical (unpaired) electrons. The highest BCUT2D eigenvalue weighted by molar-refractivity contribution is 6.02. The molecule has 1 aromatic heterocycles. The Morgan fingerprint density at radius 1 is 1.03 bits per heavy atom. The van der Waals surface area contributed by atoms with Gasteiger partial charge in [-0.1, -0.05) is 17.7 Å². The molecule has 2 N–H and O–H groups in total. The average molecular weight is 437 g/mol. The highest BCUT2D eigenvalue weighted by atomic mass is 16.6. The molecule has 0 saturated heterocycles. The lowest BCUT2D eigenvalue weighted by Crippen LogP contribution is -2.37. The van der Waals surface area contributed by atoms with Gasteiger partial charge in [0.05, 0.1) is 4.92 Å². The maximum atomic E-state index is 12.1. The summed E-state index contributed by atoms with van der Waals surface area (Å²) in [6.45, 7) is 3.05. The van der Waals surface area contributed by atoms with Gasteiger partial charge in [0.15, 0.2) is 6.61 Å². The van der Waals surface area contributed by atoms with Crippen molar-refractivity contribution < 1.29 is 28.5 Å². The van der Waals surface area contributed by atoms with Crippen molar-refractivity contribution in [3.8, 4) is 11.3 Å². The summed E-state index contributed by atoms with van der Waals surface area (Å²) < 4.78 is 10.3. The van der Waals surface area contributed by atoms with Crippen LogP contribution in [0.3, 0.4) is 0 Å². The predicted octanol–water partition coefficient (Wildman–Crippen LogP) is 3.98. The largest absolute Gasteiger partial charge is 0.450 e. The Morgan fingerprint density at radius 3 is 2.41 bits per heavy atom. The standard InChI is InChI=1S/C22H19N3O7/c1-13-3-8-17(14(2)11-13)23-22(28)24-20(26)12-31-21(27)19-10-9-18(32-19)15-4-6-16(7-5-15)25(29)30/h3-11H,12H2,1-2H3,(H2,23,24,26,28). The van der Waals surface area contributed by atoms with Gasteiger partial charge in [-0.25, -0.2) is 9.59 Å². The number of imide groups is 1. The molecule has 32 heavy (non-hydrogen) atoms. The average Bonchev–Trinajstić information content (AvgIpc) is 3.24. The lowest BCUT2D eigenvalue weighted by atomic mass is 10.1. The number of urea groups is 1. The minimum Gasteiger partial charge on any atom is -0.450 e. The Bertz CT molecular complexity index is 1180. The Balaban J connectivity index is 1.51. The highest BCUT2D eigenvalue weighted by Crippen LogP contribution is 2.24. The van der Waals surface area contributed by atoms with Crippen LogP contribution in [0.5, 0.6) is 0 Å². The van der Waals surface area contributed by atoms with Gasteiger partial charge in [-0.2, -0.15) is 0 Å². The van der Waals surface area contributed by atoms with Crippen LogP contribution in [-0.2, 0) is 9.53 Å². The summed E-state index contributed by atoms with van der Waals surface area (Å²) in [4.78, 5) is 46.2. The van der Waals surface area contributed by atoms with Crippen molar-refractivity contribution in [3.05, 3.63) is 81.6 Å². The molecule has 0 spiro atoms. The molecule has 0 unspecified atom stereocenters. The molecule has 2 aromatic carbocycles. The molecule has 0 saturated carbocycles. The van der Waals surface area contributed by atoms with Gasteiger partial charge < -0.3 is 14.5 Å². The van der Waals surface area contributed by atoms with E-state index in [9.17, 15) is 24.5 Å². The third-order valence-corrected chi connectivity index (χ3v) is 4.39. The summed E-state index contributed by atoms with van der Waals surface area (Å²) in [6.07, 6.45) is 0. The molecule has 0 aliphatic rings. The van der Waals surface area contributed by atoms with Crippen molar-refractivity contribution in [2.45, 2.75) is 13.8 Å². The Labute approximate surface area is 182 Å². The summed E-state index contributed by atoms with van der Waals surface area (Å²) in [5, 5.41) is 15.3. The first-order valence-electron chi connectivity index (χ1n) is 9.43. The van der Waals surface area contributed by atoms with Gasteiger partial charge in [0, 0.05) is 23.4 Å². The minimum absolute atomic E-state index is 0.0764. The number of hydrogen-bond acceptors (Lipinski definition) is 7. The van der Waals surface area contributed by atoms with Gasteiger partial charge >= 0.3 is 12.0 Å². The third kappa shape index (κ3) is 5.57. The van der Waals surface area contributed by atoms with E-state index in [0.29, 0.717) is 17.0 Å². The van der Waals surface area contributed by atoms with Crippen LogP contribution in [-0.4, -0.2) is 29.4 Å². The van der Waals surface area contributed by atoms with Crippen LogP contribution in [0, 0.1) is 24.0 Å². The molecule has 0 aliphatic carbocycles. The van der Waals surface area contributed by atoms with Gasteiger partial charge in [-0.3, -0.25) is 20.2 Å². The lowest BCUT2D eigenvalue weighted by Gasteiger charge is -2.10. The van der Waals surface area contributed by atoms with Crippen molar-refractivity contribution >= 4 is 29.3 Å². The van der Waals surface area contributed by atoms with E-state index in [1.54, 1.807) is 6.07 Å². The van der Waals surface area contributed by atoms with Gasteiger partial charge in [0.1, 0.15) is 5.76 Å². The molecule has 10 nitrogen and oxygen atoms in total. The van der Waals surface area contributed by atoms with Crippen LogP contribution in [0.2, 0.25) is 0 Å². The quantitative estimate of drug-likeness (QED) is 0.338. The fraction of sp³-hybridized carbons (Fsp3) is 0.136. The minimum atomic E-state index is -0.900. The van der Waals surface area contributed by atoms with Crippen molar-refractivity contribution in [1.82, 2.24) is 5.32 Å². The second-order valence-corrected chi connectivity index (χ2v) is 6.86. The Hall–Kier alpha value is -4.47. The second kappa shape index (κ2) is 9.56. The second-order valence-electron chi connectivity index (χ2n) is 6.86. The van der Waals surface area contributed by atoms with Gasteiger partial charge in [-0.05, 0) is 49.7 Å². The first-order chi connectivity index (χ1) is 15.2. The molecule has 0 aliphatic heterocycles. The number of furan rings is 1. The van der Waals surface area contributed by atoms with E-state index in [2.05, 4.69) is 10.6 Å². The lowest BCUT2D eigenvalue weighted by molar-refractivity contribution is -0.384. The van der Waals surface area contributed by atoms with Crippen molar-refractivity contribution in [2.24, 2.45) is 0 Å². The first-order valence-corrected chi connectivity index (χ1v) is 9.43. The summed E-state index contributed by atoms with van der Waals surface area (Å²) in [5.41, 5.74) is 2.86. The Kier molecular flexibility index (Phi) is 6.64. The number of nitrogens with one attached hydrogen (secondary N) is 2. The van der Waals surface area contributed by atoms with Crippen LogP contribution >= 0.6 is 0 Å². The number of non-ortho nitro benzene ring substituents is 1. The van der Waals surface area contributed by atoms with E-state index in [0.717, 1.165) is 11.1 Å². The fourth-order valence-corrected chi connectivity index (χ4v) is 2.82. The molecule has 3 aromatic rings. The molecule has 1 heterocycles. The zero-order chi connectivity index (χ0) is 23.3. The summed E-state index contributed by atoms with van der Waals surface area (Å²) in [5.74, 6) is -1.58. The predicted molar refractivity (Wildman–Crippen MR) is 114 cm³/mol. The topological polar surface area (TPSA) is 141 Å². The molecular formula is C22H19N3O7. The third-order valence-electron chi connectivity index (χ3n) is 4.39. The number of hydrogen-bond donors (Lipinski definition) is 2. The van der Waals surface area contributed by atoms with Crippen LogP contribution < -0.4 is 10.6 Å². The van der Waals surface area contributed by atoms with E-state index >= 15 is 0 Å². The van der Waals surface area contributed by atoms with E-state index < -0.39 is 29.4 Å². The van der Waals surface area contributed by atoms with Gasteiger partial charge in [0.25, 0.3) is 11.6 Å². The summed E-state index contributed by atoms with van der Waals surface area (Å²) in [7, 11) is 0. The first kappa shape index (κ1) is 22.2. The highest BCUT2D eigenvalue weighted by Gasteiger charge is 2.17. The van der Waals surface area contributed by atoms with Crippen LogP contribution in [0.4, 0.5) is 16.2 Å². The molecule has 164 valence electrons. The van der Waals surface area contributed by atoms with E-state index in [1.807, 2.05) is 26.0 Å². The molecule has 10 heteroatoms. The number of nitrogens with zero attached hydrogens (tertiary/aromatic N) is 1. The number of rotatable bonds is 6. The van der Waals surface area contributed by atoms with Crippen LogP contribution in [0.1, 0.15) is 21.7 Å². The molecule has 0 atom stereocenters. The Morgan fingerprint density at radius 2 is 1.75 bits per heavy atom. The molecule has 3 amide bonds. The molecular weight excluding hydrogens is 418 g/mol. The summed E-state index contributed by atoms with van der Waals surface area (Å²) >= 11 is 0. The van der Waals surface area contributed by atoms with Crippen molar-refractivity contribution in [2.75, 3.05) is 11.9 Å². The van der Waals surface area contributed by atoms with Crippen molar-refractivity contribution in [1.29, 1.82) is 0 Å². The number of carbonyl (C=O) groups is 3. The van der Waals surface area contributed by atoms with E-state index in [1.165, 1.54) is 36.4 Å². The number of anilines is 1. The number of esters is 1. The van der Waals surface area contributed by atoms with Gasteiger partial charge in [-0.15, -0.1) is 0 Å². The maximum absolute atomic E-state index is 12.1. The summed E-state index contributed by atoms with van der Waals surface area (Å²) in [6, 6.07) is 13.1. The molecule has 0 fully saturated rings. The number of nitro benzene ring substituents is 1. The van der Waals surface area contributed by atoms with E-state index in [4.69, 9.17) is 9.15 Å². The maximum Gasteiger partial charge on any atom is 0.374 e. The van der Waals surface area contributed by atoms with Gasteiger partial charge in [0.2, 0.25) is 5.76 Å². The van der Waals surface area contributed by atoms with Crippen LogP contribution in [0.25, 0.3) is 11.3 Å². The zero-order valence-electron chi connectivity index (χ0n) is 17.2. The monoisotopic (exact) mass is 437 g/mol. The van der Waals surface area contributed by atoms with E-state index in [-0.39, 0.29) is 11.4 Å². The number of aryl methyl sites for hydroxylation is 2. The normalized spacial score (nSPS) is 10.3. The zero-order valence-corrected chi connectivity index (χ0v) is 17.2. The smallest absolute Gasteiger partial charge is 0.374 e. The number of nitro groups is 1. The number of amides is 3. The number of benzene rings is 2. The number of carbonyl (C=O) groups excluding carboxylic acids is 3. The fourth-order valence-electron chi connectivity index (χ4n) is 2.82. The molecule has 3 rings (SSSR count). The van der Waals surface area contributed by atoms with Crippen molar-refractivity contribution in [3.63, 3.8) is 0 Å². The van der Waals surface area contributed by atoms with Crippen LogP contribution in [0.15, 0.2) is 59.0 Å². The number of ether oxygens (including phenoxy) is 1.